The van der Waals surface area contributed by atoms with Gasteiger partial charge in [-0.2, -0.15) is 0 Å². The molecule has 0 saturated carbocycles. The molecule has 1 unspecified atom stereocenters. The van der Waals surface area contributed by atoms with Crippen LogP contribution in [0.25, 0.3) is 0 Å². The molecule has 5 heteroatoms. The molecule has 0 fully saturated rings. The minimum absolute atomic E-state index is 0.293. The van der Waals surface area contributed by atoms with Gasteiger partial charge in [0.2, 0.25) is 0 Å². The van der Waals surface area contributed by atoms with Gasteiger partial charge < -0.3 is 11.1 Å². The summed E-state index contributed by atoms with van der Waals surface area (Å²) in [6, 6.07) is 6.02. The third-order valence-electron chi connectivity index (χ3n) is 2.77. The highest BCUT2D eigenvalue weighted by Crippen LogP contribution is 2.22. The fourth-order valence-corrected chi connectivity index (χ4v) is 2.67. The van der Waals surface area contributed by atoms with E-state index in [0.717, 1.165) is 23.5 Å². The van der Waals surface area contributed by atoms with Crippen molar-refractivity contribution in [1.82, 2.24) is 10.3 Å². The number of nitrogens with zero attached hydrogens (tertiary/aromatic N) is 1. The quantitative estimate of drug-likeness (QED) is 0.823. The molecule has 3 N–H and O–H groups in total. The third kappa shape index (κ3) is 3.22. The van der Waals surface area contributed by atoms with Crippen LogP contribution in [-0.2, 0) is 6.54 Å². The van der Waals surface area contributed by atoms with Gasteiger partial charge >= 0.3 is 0 Å². The predicted octanol–water partition coefficient (Wildman–Crippen LogP) is 3.62. The molecule has 1 aromatic heterocycles. The molecule has 0 aliphatic heterocycles. The SMILES string of the molecule is CCC(NCc1ccc(Cl)c(N)c1)c1nccs1. The highest BCUT2D eigenvalue weighted by atomic mass is 35.5. The molecule has 96 valence electrons. The molecule has 2 rings (SSSR count). The van der Waals surface area contributed by atoms with Crippen molar-refractivity contribution in [2.24, 2.45) is 0 Å². The van der Waals surface area contributed by atoms with Gasteiger partial charge in [0.05, 0.1) is 16.8 Å². The minimum Gasteiger partial charge on any atom is -0.398 e. The second-order valence-electron chi connectivity index (χ2n) is 4.07. The largest absolute Gasteiger partial charge is 0.398 e. The van der Waals surface area contributed by atoms with Crippen molar-refractivity contribution in [2.75, 3.05) is 5.73 Å². The summed E-state index contributed by atoms with van der Waals surface area (Å²) in [6.07, 6.45) is 2.85. The van der Waals surface area contributed by atoms with Crippen molar-refractivity contribution < 1.29 is 0 Å². The van der Waals surface area contributed by atoms with Crippen LogP contribution >= 0.6 is 22.9 Å². The van der Waals surface area contributed by atoms with E-state index in [1.165, 1.54) is 0 Å². The highest BCUT2D eigenvalue weighted by molar-refractivity contribution is 7.09. The molecule has 0 spiro atoms. The minimum atomic E-state index is 0.293. The topological polar surface area (TPSA) is 50.9 Å². The second kappa shape index (κ2) is 6.18. The number of aromatic nitrogens is 1. The first-order valence-electron chi connectivity index (χ1n) is 5.87. The van der Waals surface area contributed by atoms with Crippen LogP contribution in [0.15, 0.2) is 29.8 Å². The van der Waals surface area contributed by atoms with E-state index in [-0.39, 0.29) is 0 Å². The molecule has 18 heavy (non-hydrogen) atoms. The summed E-state index contributed by atoms with van der Waals surface area (Å²) in [5.74, 6) is 0. The van der Waals surface area contributed by atoms with Crippen molar-refractivity contribution >= 4 is 28.6 Å². The van der Waals surface area contributed by atoms with Crippen molar-refractivity contribution in [3.63, 3.8) is 0 Å². The maximum absolute atomic E-state index is 5.90. The summed E-state index contributed by atoms with van der Waals surface area (Å²) in [4.78, 5) is 4.34. The van der Waals surface area contributed by atoms with E-state index in [9.17, 15) is 0 Å². The lowest BCUT2D eigenvalue weighted by atomic mass is 10.1. The number of rotatable bonds is 5. The molecule has 2 aromatic rings. The third-order valence-corrected chi connectivity index (χ3v) is 4.00. The lowest BCUT2D eigenvalue weighted by Gasteiger charge is -2.14. The number of nitrogen functional groups attached to an aromatic ring is 1. The number of nitrogens with one attached hydrogen (secondary N) is 1. The lowest BCUT2D eigenvalue weighted by molar-refractivity contribution is 0.517. The Balaban J connectivity index is 1.99. The number of halogens is 1. The van der Waals surface area contributed by atoms with Gasteiger partial charge in [0.1, 0.15) is 5.01 Å². The van der Waals surface area contributed by atoms with Crippen LogP contribution in [0.4, 0.5) is 5.69 Å². The molecule has 1 atom stereocenters. The van der Waals surface area contributed by atoms with E-state index in [1.54, 1.807) is 11.3 Å². The van der Waals surface area contributed by atoms with Crippen LogP contribution in [0, 0.1) is 0 Å². The van der Waals surface area contributed by atoms with Gasteiger partial charge in [-0.15, -0.1) is 11.3 Å². The fraction of sp³-hybridized carbons (Fsp3) is 0.308. The second-order valence-corrected chi connectivity index (χ2v) is 5.40. The van der Waals surface area contributed by atoms with Gasteiger partial charge in [0.15, 0.2) is 0 Å². The summed E-state index contributed by atoms with van der Waals surface area (Å²) < 4.78 is 0. The molecule has 0 bridgehead atoms. The number of nitrogens with two attached hydrogens (primary N) is 1. The van der Waals surface area contributed by atoms with Crippen LogP contribution in [0.1, 0.15) is 30.0 Å². The summed E-state index contributed by atoms with van der Waals surface area (Å²) in [5, 5.41) is 7.21. The van der Waals surface area contributed by atoms with Gasteiger partial charge in [0, 0.05) is 18.1 Å². The first kappa shape index (κ1) is 13.3. The first-order chi connectivity index (χ1) is 8.70. The molecule has 0 amide bonds. The highest BCUT2D eigenvalue weighted by Gasteiger charge is 2.11. The van der Waals surface area contributed by atoms with Crippen LogP contribution < -0.4 is 11.1 Å². The maximum atomic E-state index is 5.90. The smallest absolute Gasteiger partial charge is 0.109 e. The van der Waals surface area contributed by atoms with Crippen molar-refractivity contribution in [2.45, 2.75) is 25.9 Å². The van der Waals surface area contributed by atoms with Crippen LogP contribution in [0.2, 0.25) is 5.02 Å². The van der Waals surface area contributed by atoms with Gasteiger partial charge in [-0.1, -0.05) is 24.6 Å². The van der Waals surface area contributed by atoms with Gasteiger partial charge in [-0.05, 0) is 24.1 Å². The fourth-order valence-electron chi connectivity index (χ4n) is 1.76. The Hall–Kier alpha value is -1.10. The Morgan fingerprint density at radius 3 is 2.94 bits per heavy atom. The Bertz CT molecular complexity index is 499. The normalized spacial score (nSPS) is 12.6. The molecule has 1 aromatic carbocycles. The summed E-state index contributed by atoms with van der Waals surface area (Å²) in [7, 11) is 0. The molecule has 0 saturated heterocycles. The monoisotopic (exact) mass is 281 g/mol. The zero-order valence-corrected chi connectivity index (χ0v) is 11.8. The lowest BCUT2D eigenvalue weighted by Crippen LogP contribution is -2.20. The van der Waals surface area contributed by atoms with E-state index in [0.29, 0.717) is 16.8 Å². The number of thiazole rings is 1. The van der Waals surface area contributed by atoms with Crippen molar-refractivity contribution in [3.8, 4) is 0 Å². The van der Waals surface area contributed by atoms with Crippen LogP contribution in [0.3, 0.4) is 0 Å². The standard InChI is InChI=1S/C13H16ClN3S/c1-2-12(13-16-5-6-18-13)17-8-9-3-4-10(14)11(15)7-9/h3-7,12,17H,2,8,15H2,1H3. The molecule has 0 radical (unpaired) electrons. The van der Waals surface area contributed by atoms with E-state index in [1.807, 2.05) is 29.8 Å². The Kier molecular flexibility index (Phi) is 4.58. The Morgan fingerprint density at radius 1 is 1.50 bits per heavy atom. The maximum Gasteiger partial charge on any atom is 0.109 e. The Morgan fingerprint density at radius 2 is 2.33 bits per heavy atom. The Labute approximate surface area is 116 Å². The van der Waals surface area contributed by atoms with Gasteiger partial charge in [-0.25, -0.2) is 4.98 Å². The van der Waals surface area contributed by atoms with Gasteiger partial charge in [-0.3, -0.25) is 0 Å². The van der Waals surface area contributed by atoms with Crippen LogP contribution in [-0.4, -0.2) is 4.98 Å². The molecular formula is C13H16ClN3S. The summed E-state index contributed by atoms with van der Waals surface area (Å²) in [5.41, 5.74) is 7.54. The number of hydrogen-bond donors (Lipinski definition) is 2. The number of benzene rings is 1. The summed E-state index contributed by atoms with van der Waals surface area (Å²) >= 11 is 7.58. The zero-order chi connectivity index (χ0) is 13.0. The first-order valence-corrected chi connectivity index (χ1v) is 7.13. The van der Waals surface area contributed by atoms with Crippen molar-refractivity contribution in [3.05, 3.63) is 45.4 Å². The van der Waals surface area contributed by atoms with E-state index in [2.05, 4.69) is 17.2 Å². The summed E-state index contributed by atoms with van der Waals surface area (Å²) in [6.45, 7) is 2.91. The van der Waals surface area contributed by atoms with E-state index in [4.69, 9.17) is 17.3 Å². The average Bonchev–Trinajstić information content (AvgIpc) is 2.88. The number of hydrogen-bond acceptors (Lipinski definition) is 4. The number of anilines is 1. The zero-order valence-electron chi connectivity index (χ0n) is 10.2. The molecule has 1 heterocycles. The molecular weight excluding hydrogens is 266 g/mol. The molecule has 3 nitrogen and oxygen atoms in total. The van der Waals surface area contributed by atoms with Crippen LogP contribution in [0.5, 0.6) is 0 Å². The van der Waals surface area contributed by atoms with Crippen molar-refractivity contribution in [1.29, 1.82) is 0 Å². The van der Waals surface area contributed by atoms with E-state index >= 15 is 0 Å². The van der Waals surface area contributed by atoms with Gasteiger partial charge in [0.25, 0.3) is 0 Å². The average molecular weight is 282 g/mol. The molecule has 0 aliphatic carbocycles. The van der Waals surface area contributed by atoms with E-state index < -0.39 is 0 Å². The predicted molar refractivity (Wildman–Crippen MR) is 77.9 cm³/mol. The molecule has 0 aliphatic rings.